The lowest BCUT2D eigenvalue weighted by Crippen LogP contribution is -2.49. The molecule has 3 aromatic rings. The molecule has 0 saturated carbocycles. The van der Waals surface area contributed by atoms with Crippen LogP contribution in [-0.2, 0) is 11.3 Å². The van der Waals surface area contributed by atoms with Gasteiger partial charge in [-0.3, -0.25) is 0 Å². The van der Waals surface area contributed by atoms with E-state index < -0.39 is 24.7 Å². The van der Waals surface area contributed by atoms with Gasteiger partial charge >= 0.3 is 12.0 Å². The molecule has 2 heterocycles. The highest BCUT2D eigenvalue weighted by molar-refractivity contribution is 6.08. The number of amides is 1. The summed E-state index contributed by atoms with van der Waals surface area (Å²) >= 11 is 0. The van der Waals surface area contributed by atoms with E-state index in [1.165, 1.54) is 0 Å². The zero-order valence-electron chi connectivity index (χ0n) is 13.1. The molecule has 6 heteroatoms. The van der Waals surface area contributed by atoms with Crippen LogP contribution in [0.5, 0.6) is 0 Å². The average molecular weight is 330 g/mol. The van der Waals surface area contributed by atoms with Crippen molar-refractivity contribution in [2.45, 2.75) is 25.4 Å². The molecule has 1 atom stereocenters. The fraction of sp³-hybridized carbons (Fsp3) is 0.278. The Morgan fingerprint density at radius 2 is 1.96 bits per heavy atom. The molecule has 1 N–H and O–H groups in total. The number of para-hydroxylation sites is 1. The third-order valence-electron chi connectivity index (χ3n) is 4.53. The Bertz CT molecular complexity index is 949. The fourth-order valence-corrected chi connectivity index (χ4v) is 3.43. The van der Waals surface area contributed by atoms with Gasteiger partial charge in [0, 0.05) is 28.4 Å². The summed E-state index contributed by atoms with van der Waals surface area (Å²) in [5.74, 6) is -3.15. The van der Waals surface area contributed by atoms with Gasteiger partial charge in [0.2, 0.25) is 0 Å². The van der Waals surface area contributed by atoms with Gasteiger partial charge in [-0.15, -0.1) is 0 Å². The molecule has 4 nitrogen and oxygen atoms in total. The Morgan fingerprint density at radius 1 is 1.21 bits per heavy atom. The minimum absolute atomic E-state index is 0.378. The van der Waals surface area contributed by atoms with Gasteiger partial charge in [-0.2, -0.15) is 0 Å². The number of rotatable bonds is 2. The number of alkyl carbamates (subject to hydrolysis) is 1. The van der Waals surface area contributed by atoms with Gasteiger partial charge < -0.3 is 14.6 Å². The summed E-state index contributed by atoms with van der Waals surface area (Å²) in [4.78, 5) is 11.4. The number of hydrogen-bond donors (Lipinski definition) is 1. The Kier molecular flexibility index (Phi) is 3.23. The second-order valence-corrected chi connectivity index (χ2v) is 5.95. The first-order chi connectivity index (χ1) is 11.5. The lowest BCUT2D eigenvalue weighted by molar-refractivity contribution is -0.104. The van der Waals surface area contributed by atoms with E-state index in [0.717, 1.165) is 28.4 Å². The Morgan fingerprint density at radius 3 is 2.75 bits per heavy atom. The second-order valence-electron chi connectivity index (χ2n) is 5.95. The summed E-state index contributed by atoms with van der Waals surface area (Å²) in [6, 6.07) is 11.7. The largest absolute Gasteiger partial charge is 0.443 e. The molecule has 0 aliphatic carbocycles. The van der Waals surface area contributed by atoms with E-state index in [4.69, 9.17) is 0 Å². The van der Waals surface area contributed by atoms with Crippen LogP contribution in [0.1, 0.15) is 18.5 Å². The van der Waals surface area contributed by atoms with Crippen LogP contribution in [0.2, 0.25) is 0 Å². The standard InChI is InChI=1S/C18H16F2N2O2/c1-2-22-14-6-4-3-5-12(14)13-9-11(7-8-15(13)22)16-18(19,20)10-24-17(23)21-16/h3-9,16H,2,10H2,1H3,(H,21,23)/t16-/m0/s1. The van der Waals surface area contributed by atoms with Crippen molar-refractivity contribution < 1.29 is 18.3 Å². The number of ether oxygens (including phenoxy) is 1. The van der Waals surface area contributed by atoms with Crippen LogP contribution in [0.4, 0.5) is 13.6 Å². The molecule has 0 bridgehead atoms. The zero-order chi connectivity index (χ0) is 16.9. The summed E-state index contributed by atoms with van der Waals surface area (Å²) in [6.07, 6.45) is -0.818. The summed E-state index contributed by atoms with van der Waals surface area (Å²) < 4.78 is 34.9. The smallest absolute Gasteiger partial charge is 0.408 e. The molecule has 1 fully saturated rings. The van der Waals surface area contributed by atoms with Crippen LogP contribution in [0.25, 0.3) is 21.8 Å². The highest BCUT2D eigenvalue weighted by atomic mass is 19.3. The van der Waals surface area contributed by atoms with Gasteiger partial charge in [-0.25, -0.2) is 13.6 Å². The second kappa shape index (κ2) is 5.19. The molecule has 1 aliphatic heterocycles. The molecule has 124 valence electrons. The first-order valence-electron chi connectivity index (χ1n) is 7.83. The van der Waals surface area contributed by atoms with E-state index in [1.54, 1.807) is 12.1 Å². The molecule has 2 aromatic carbocycles. The number of fused-ring (bicyclic) bond motifs is 3. The maximum absolute atomic E-state index is 14.2. The van der Waals surface area contributed by atoms with Crippen molar-refractivity contribution in [3.05, 3.63) is 48.0 Å². The van der Waals surface area contributed by atoms with Gasteiger partial charge in [0.05, 0.1) is 0 Å². The molecule has 0 radical (unpaired) electrons. The van der Waals surface area contributed by atoms with Crippen LogP contribution in [-0.4, -0.2) is 23.2 Å². The number of nitrogens with zero attached hydrogens (tertiary/aromatic N) is 1. The van der Waals surface area contributed by atoms with Crippen LogP contribution < -0.4 is 5.32 Å². The molecule has 1 aromatic heterocycles. The van der Waals surface area contributed by atoms with Crippen molar-refractivity contribution in [1.29, 1.82) is 0 Å². The summed E-state index contributed by atoms with van der Waals surface area (Å²) in [5, 5.41) is 4.15. The molecule has 1 amide bonds. The van der Waals surface area contributed by atoms with Crippen molar-refractivity contribution in [2.75, 3.05) is 6.61 Å². The minimum atomic E-state index is -3.15. The third kappa shape index (κ3) is 2.13. The average Bonchev–Trinajstić information content (AvgIpc) is 2.90. The number of carbonyl (C=O) groups is 1. The number of alkyl halides is 2. The third-order valence-corrected chi connectivity index (χ3v) is 4.53. The number of aryl methyl sites for hydroxylation is 1. The van der Waals surface area contributed by atoms with E-state index >= 15 is 0 Å². The van der Waals surface area contributed by atoms with Gasteiger partial charge in [0.1, 0.15) is 6.04 Å². The first kappa shape index (κ1) is 14.9. The first-order valence-corrected chi connectivity index (χ1v) is 7.83. The van der Waals surface area contributed by atoms with Crippen molar-refractivity contribution >= 4 is 27.9 Å². The number of hydrogen-bond acceptors (Lipinski definition) is 2. The van der Waals surface area contributed by atoms with Crippen LogP contribution >= 0.6 is 0 Å². The van der Waals surface area contributed by atoms with Gasteiger partial charge in [0.15, 0.2) is 6.61 Å². The van der Waals surface area contributed by atoms with E-state index in [0.29, 0.717) is 5.56 Å². The van der Waals surface area contributed by atoms with Gasteiger partial charge in [0.25, 0.3) is 0 Å². The predicted molar refractivity (Wildman–Crippen MR) is 87.3 cm³/mol. The van der Waals surface area contributed by atoms with E-state index in [1.807, 2.05) is 37.3 Å². The monoisotopic (exact) mass is 330 g/mol. The summed E-state index contributed by atoms with van der Waals surface area (Å²) in [6.45, 7) is 1.93. The van der Waals surface area contributed by atoms with E-state index in [9.17, 15) is 13.6 Å². The molecule has 4 rings (SSSR count). The number of aromatic nitrogens is 1. The van der Waals surface area contributed by atoms with Crippen LogP contribution in [0, 0.1) is 0 Å². The highest BCUT2D eigenvalue weighted by Gasteiger charge is 2.46. The fourth-order valence-electron chi connectivity index (χ4n) is 3.43. The number of benzene rings is 2. The number of carbonyl (C=O) groups excluding carboxylic acids is 1. The van der Waals surface area contributed by atoms with Gasteiger partial charge in [-0.05, 0) is 30.7 Å². The normalized spacial score (nSPS) is 20.1. The van der Waals surface area contributed by atoms with Crippen LogP contribution in [0.15, 0.2) is 42.5 Å². The molecule has 0 unspecified atom stereocenters. The molecule has 1 saturated heterocycles. The SMILES string of the molecule is CCn1c2ccccc2c2cc([C@@H]3NC(=O)OCC3(F)F)ccc21. The molecular formula is C18H16F2N2O2. The quantitative estimate of drug-likeness (QED) is 0.764. The van der Waals surface area contributed by atoms with Crippen molar-refractivity contribution in [2.24, 2.45) is 0 Å². The summed E-state index contributed by atoms with van der Waals surface area (Å²) in [5.41, 5.74) is 2.43. The minimum Gasteiger partial charge on any atom is -0.443 e. The number of halogens is 2. The predicted octanol–water partition coefficient (Wildman–Crippen LogP) is 4.23. The van der Waals surface area contributed by atoms with Gasteiger partial charge in [-0.1, -0.05) is 24.3 Å². The molecule has 24 heavy (non-hydrogen) atoms. The highest BCUT2D eigenvalue weighted by Crippen LogP contribution is 2.37. The van der Waals surface area contributed by atoms with Crippen molar-refractivity contribution in [3.8, 4) is 0 Å². The Balaban J connectivity index is 1.92. The number of cyclic esters (lactones) is 1. The van der Waals surface area contributed by atoms with E-state index in [-0.39, 0.29) is 0 Å². The lowest BCUT2D eigenvalue weighted by atomic mass is 9.98. The Labute approximate surface area is 137 Å². The van der Waals surface area contributed by atoms with Crippen molar-refractivity contribution in [1.82, 2.24) is 9.88 Å². The maximum Gasteiger partial charge on any atom is 0.408 e. The summed E-state index contributed by atoms with van der Waals surface area (Å²) in [7, 11) is 0. The Hall–Kier alpha value is -2.63. The van der Waals surface area contributed by atoms with Crippen LogP contribution in [0.3, 0.4) is 0 Å². The topological polar surface area (TPSA) is 43.3 Å². The zero-order valence-corrected chi connectivity index (χ0v) is 13.1. The lowest BCUT2D eigenvalue weighted by Gasteiger charge is -2.31. The molecule has 0 spiro atoms. The molecular weight excluding hydrogens is 314 g/mol. The molecule has 1 aliphatic rings. The van der Waals surface area contributed by atoms with E-state index in [2.05, 4.69) is 14.6 Å². The number of nitrogens with one attached hydrogen (secondary N) is 1. The van der Waals surface area contributed by atoms with Crippen molar-refractivity contribution in [3.63, 3.8) is 0 Å². The maximum atomic E-state index is 14.2.